The second kappa shape index (κ2) is 15.9. The van der Waals surface area contributed by atoms with Crippen LogP contribution >= 0.6 is 0 Å². The van der Waals surface area contributed by atoms with Crippen LogP contribution in [0, 0.1) is 0 Å². The summed E-state index contributed by atoms with van der Waals surface area (Å²) < 4.78 is 14.3. The molecule has 120 valence electrons. The van der Waals surface area contributed by atoms with Gasteiger partial charge in [0, 0.05) is 5.57 Å². The van der Waals surface area contributed by atoms with E-state index in [4.69, 9.17) is 9.47 Å². The zero-order chi connectivity index (χ0) is 15.9. The third kappa shape index (κ3) is 16.6. The fourth-order valence-corrected chi connectivity index (χ4v) is 0.774. The van der Waals surface area contributed by atoms with Crippen LogP contribution in [-0.2, 0) is 38.6 Å². The molecule has 10 heteroatoms. The molecule has 0 aromatic heterocycles. The zero-order valence-electron chi connectivity index (χ0n) is 12.6. The summed E-state index contributed by atoms with van der Waals surface area (Å²) in [6, 6.07) is 0. The van der Waals surface area contributed by atoms with Gasteiger partial charge in [0.1, 0.15) is 26.1 Å². The Morgan fingerprint density at radius 3 is 2.45 bits per heavy atom. The minimum Gasteiger partial charge on any atom is -0.546 e. The van der Waals surface area contributed by atoms with Gasteiger partial charge >= 0.3 is 24.8 Å². The smallest absolute Gasteiger partial charge is 0.546 e. The summed E-state index contributed by atoms with van der Waals surface area (Å²) in [6.45, 7) is 4.97. The first kappa shape index (κ1) is 22.8. The molecule has 0 heterocycles. The number of carbonyl (C=O) groups excluding carboxylic acids is 2. The fourth-order valence-electron chi connectivity index (χ4n) is 0.774. The molecule has 0 saturated heterocycles. The number of carboxylic acid groups (broad SMARTS) is 1. The van der Waals surface area contributed by atoms with Crippen LogP contribution in [0.15, 0.2) is 24.7 Å². The second-order valence-corrected chi connectivity index (χ2v) is 3.47. The zero-order valence-corrected chi connectivity index (χ0v) is 12.6. The Labute approximate surface area is 139 Å². The Morgan fingerprint density at radius 1 is 1.14 bits per heavy atom. The number of carbonyl (C=O) groups is 2. The van der Waals surface area contributed by atoms with Crippen molar-refractivity contribution < 1.29 is 62.6 Å². The molecule has 0 spiro atoms. The number of hydrogen-bond acceptors (Lipinski definition) is 9. The van der Waals surface area contributed by atoms with Gasteiger partial charge in [-0.05, 0) is 12.0 Å². The fraction of sp³-hybridized carbons (Fsp3) is 0.500. The van der Waals surface area contributed by atoms with Crippen molar-refractivity contribution in [1.82, 2.24) is 0 Å². The van der Waals surface area contributed by atoms with Crippen molar-refractivity contribution in [2.75, 3.05) is 33.0 Å². The molecule has 0 saturated carbocycles. The average Bonchev–Trinajstić information content (AvgIpc) is 2.43. The summed E-state index contributed by atoms with van der Waals surface area (Å²) in [5.41, 5.74) is 0.320. The van der Waals surface area contributed by atoms with E-state index in [0.29, 0.717) is 5.57 Å². The molecule has 0 atom stereocenters. The van der Waals surface area contributed by atoms with Crippen LogP contribution in [0.5, 0.6) is 0 Å². The van der Waals surface area contributed by atoms with Gasteiger partial charge in [0.15, 0.2) is 6.26 Å². The molecule has 0 fully saturated rings. The number of hydrogen-bond donors (Lipinski definition) is 0. The van der Waals surface area contributed by atoms with Crippen molar-refractivity contribution in [2.45, 2.75) is 6.92 Å². The minimum absolute atomic E-state index is 0. The molecule has 0 aliphatic carbocycles. The SMILES string of the molecule is C=C(C)C(=O)OCCOCCOOO/C=C/OCC(=O)[O-].[Li+]. The van der Waals surface area contributed by atoms with Crippen LogP contribution < -0.4 is 24.0 Å². The van der Waals surface area contributed by atoms with E-state index in [1.807, 2.05) is 0 Å². The van der Waals surface area contributed by atoms with Crippen LogP contribution in [0.3, 0.4) is 0 Å². The predicted molar refractivity (Wildman–Crippen MR) is 64.8 cm³/mol. The molecule has 0 radical (unpaired) electrons. The van der Waals surface area contributed by atoms with E-state index in [1.165, 1.54) is 0 Å². The third-order valence-electron chi connectivity index (χ3n) is 1.62. The van der Waals surface area contributed by atoms with E-state index in [9.17, 15) is 14.7 Å². The molecule has 0 aliphatic rings. The molecule has 0 amide bonds. The van der Waals surface area contributed by atoms with E-state index in [1.54, 1.807) is 6.92 Å². The van der Waals surface area contributed by atoms with Gasteiger partial charge in [0.25, 0.3) is 0 Å². The maximum atomic E-state index is 11.0. The summed E-state index contributed by atoms with van der Waals surface area (Å²) >= 11 is 0. The number of ether oxygens (including phenoxy) is 3. The molecule has 0 unspecified atom stereocenters. The van der Waals surface area contributed by atoms with Gasteiger partial charge in [0.2, 0.25) is 0 Å². The molecule has 0 aromatic rings. The Balaban J connectivity index is 0. The first-order chi connectivity index (χ1) is 10.0. The normalized spacial score (nSPS) is 9.86. The monoisotopic (exact) mass is 312 g/mol. The van der Waals surface area contributed by atoms with E-state index in [0.717, 1.165) is 12.5 Å². The van der Waals surface area contributed by atoms with Crippen molar-refractivity contribution in [2.24, 2.45) is 0 Å². The van der Waals surface area contributed by atoms with E-state index >= 15 is 0 Å². The van der Waals surface area contributed by atoms with Crippen molar-refractivity contribution in [3.8, 4) is 0 Å². The molecule has 0 aliphatic heterocycles. The number of esters is 1. The summed E-state index contributed by atoms with van der Waals surface area (Å²) in [6.07, 6.45) is 1.88. The van der Waals surface area contributed by atoms with Crippen molar-refractivity contribution in [3.63, 3.8) is 0 Å². The van der Waals surface area contributed by atoms with Crippen LogP contribution in [0.1, 0.15) is 6.92 Å². The third-order valence-corrected chi connectivity index (χ3v) is 1.62. The topological polar surface area (TPSA) is 113 Å². The van der Waals surface area contributed by atoms with Crippen LogP contribution in [0.25, 0.3) is 0 Å². The standard InChI is InChI=1S/C12H18O9.Li/c1-10(2)12(15)18-6-3-16-4-7-19-21-20-8-5-17-9-11(13)14;/h5,8H,1,3-4,6-7,9H2,2H3,(H,13,14);/q;+1/p-1/b8-5+;. The first-order valence-electron chi connectivity index (χ1n) is 5.86. The van der Waals surface area contributed by atoms with Gasteiger partial charge < -0.3 is 29.0 Å². The Bertz CT molecular complexity index is 357. The van der Waals surface area contributed by atoms with Crippen LogP contribution in [0.2, 0.25) is 0 Å². The second-order valence-electron chi connectivity index (χ2n) is 3.47. The van der Waals surface area contributed by atoms with E-state index in [2.05, 4.69) is 26.1 Å². The Morgan fingerprint density at radius 2 is 1.82 bits per heavy atom. The van der Waals surface area contributed by atoms with Gasteiger partial charge in [-0.25, -0.2) is 4.79 Å². The summed E-state index contributed by atoms with van der Waals surface area (Å²) in [7, 11) is 0. The predicted octanol–water partition coefficient (Wildman–Crippen LogP) is -3.76. The molecule has 0 rings (SSSR count). The quantitative estimate of drug-likeness (QED) is 0.0643. The van der Waals surface area contributed by atoms with Crippen LogP contribution in [0.4, 0.5) is 0 Å². The van der Waals surface area contributed by atoms with E-state index < -0.39 is 18.5 Å². The van der Waals surface area contributed by atoms with Gasteiger partial charge in [0.05, 0.1) is 19.2 Å². The summed E-state index contributed by atoms with van der Waals surface area (Å²) in [5, 5.41) is 14.1. The minimum atomic E-state index is -1.36. The summed E-state index contributed by atoms with van der Waals surface area (Å²) in [5.74, 6) is -1.83. The van der Waals surface area contributed by atoms with Gasteiger partial charge in [-0.1, -0.05) is 6.58 Å². The van der Waals surface area contributed by atoms with Gasteiger partial charge in [-0.3, -0.25) is 0 Å². The van der Waals surface area contributed by atoms with Crippen LogP contribution in [-0.4, -0.2) is 45.0 Å². The molecular weight excluding hydrogens is 295 g/mol. The molecule has 9 nitrogen and oxygen atoms in total. The van der Waals surface area contributed by atoms with Crippen molar-refractivity contribution in [1.29, 1.82) is 0 Å². The number of carboxylic acids is 1. The van der Waals surface area contributed by atoms with E-state index in [-0.39, 0.29) is 45.3 Å². The molecular formula is C12H17LiO9. The Kier molecular flexibility index (Phi) is 16.4. The molecule has 0 N–H and O–H groups in total. The molecule has 0 bridgehead atoms. The summed E-state index contributed by atoms with van der Waals surface area (Å²) in [4.78, 5) is 29.8. The Hall–Kier alpha value is -1.50. The maximum Gasteiger partial charge on any atom is 1.00 e. The van der Waals surface area contributed by atoms with Gasteiger partial charge in [-0.2, -0.15) is 4.89 Å². The molecule has 22 heavy (non-hydrogen) atoms. The maximum absolute atomic E-state index is 11.0. The average molecular weight is 312 g/mol. The number of rotatable bonds is 13. The van der Waals surface area contributed by atoms with Crippen molar-refractivity contribution >= 4 is 11.9 Å². The molecule has 0 aromatic carbocycles. The van der Waals surface area contributed by atoms with Gasteiger partial charge in [-0.15, -0.1) is 0 Å². The largest absolute Gasteiger partial charge is 1.00 e. The van der Waals surface area contributed by atoms with Crippen molar-refractivity contribution in [3.05, 3.63) is 24.7 Å². The number of aliphatic carboxylic acids is 1. The first-order valence-corrected chi connectivity index (χ1v) is 5.86.